The number of thioether (sulfide) groups is 1. The van der Waals surface area contributed by atoms with Crippen LogP contribution in [-0.2, 0) is 4.79 Å². The summed E-state index contributed by atoms with van der Waals surface area (Å²) >= 11 is 1.35. The minimum Gasteiger partial charge on any atom is -0.368 e. The fourth-order valence-electron chi connectivity index (χ4n) is 1.13. The molecule has 0 bridgehead atoms. The summed E-state index contributed by atoms with van der Waals surface area (Å²) in [6, 6.07) is 0.187. The molecular weight excluding hydrogens is 226 g/mol. The van der Waals surface area contributed by atoms with Crippen molar-refractivity contribution in [2.45, 2.75) is 25.0 Å². The molecule has 0 atom stereocenters. The van der Waals surface area contributed by atoms with Crippen molar-refractivity contribution in [2.75, 3.05) is 25.6 Å². The molecule has 2 N–H and O–H groups in total. The Morgan fingerprint density at radius 1 is 1.50 bits per heavy atom. The van der Waals surface area contributed by atoms with Crippen molar-refractivity contribution in [1.82, 2.24) is 19.7 Å². The summed E-state index contributed by atoms with van der Waals surface area (Å²) < 4.78 is 1.81. The Kier molecular flexibility index (Phi) is 4.17. The second-order valence-electron chi connectivity index (χ2n) is 3.88. The second kappa shape index (κ2) is 5.20. The SMILES string of the molecule is CC(C)n1c(N)nnc1SCC(=O)N(C)C. The van der Waals surface area contributed by atoms with Gasteiger partial charge in [-0.25, -0.2) is 0 Å². The van der Waals surface area contributed by atoms with Gasteiger partial charge < -0.3 is 10.6 Å². The summed E-state index contributed by atoms with van der Waals surface area (Å²) in [7, 11) is 3.45. The Morgan fingerprint density at radius 2 is 2.12 bits per heavy atom. The highest BCUT2D eigenvalue weighted by atomic mass is 32.2. The molecule has 7 heteroatoms. The molecule has 1 rings (SSSR count). The molecule has 0 aromatic carbocycles. The Morgan fingerprint density at radius 3 is 2.62 bits per heavy atom. The van der Waals surface area contributed by atoms with Gasteiger partial charge in [0.15, 0.2) is 5.16 Å². The first-order chi connectivity index (χ1) is 7.43. The van der Waals surface area contributed by atoms with E-state index in [0.29, 0.717) is 16.9 Å². The van der Waals surface area contributed by atoms with Crippen LogP contribution in [0, 0.1) is 0 Å². The first-order valence-corrected chi connectivity index (χ1v) is 5.95. The number of amides is 1. The molecular formula is C9H17N5OS. The van der Waals surface area contributed by atoms with Gasteiger partial charge in [0.05, 0.1) is 5.75 Å². The Bertz CT molecular complexity index is 374. The number of carbonyl (C=O) groups is 1. The van der Waals surface area contributed by atoms with Crippen LogP contribution in [0.5, 0.6) is 0 Å². The van der Waals surface area contributed by atoms with E-state index in [1.807, 2.05) is 18.4 Å². The van der Waals surface area contributed by atoms with Gasteiger partial charge in [-0.3, -0.25) is 9.36 Å². The van der Waals surface area contributed by atoms with E-state index in [0.717, 1.165) is 0 Å². The molecule has 6 nitrogen and oxygen atoms in total. The lowest BCUT2D eigenvalue weighted by Gasteiger charge is -2.12. The number of rotatable bonds is 4. The average molecular weight is 243 g/mol. The van der Waals surface area contributed by atoms with E-state index in [4.69, 9.17) is 5.73 Å². The highest BCUT2D eigenvalue weighted by molar-refractivity contribution is 7.99. The van der Waals surface area contributed by atoms with Crippen LogP contribution in [0.15, 0.2) is 5.16 Å². The minimum absolute atomic E-state index is 0.0434. The summed E-state index contributed by atoms with van der Waals surface area (Å²) in [4.78, 5) is 13.0. The molecule has 1 amide bonds. The summed E-state index contributed by atoms with van der Waals surface area (Å²) in [5, 5.41) is 8.44. The Labute approximate surface area is 99.2 Å². The first-order valence-electron chi connectivity index (χ1n) is 4.96. The lowest BCUT2D eigenvalue weighted by molar-refractivity contribution is -0.125. The van der Waals surface area contributed by atoms with Crippen LogP contribution in [0.4, 0.5) is 5.95 Å². The number of hydrogen-bond acceptors (Lipinski definition) is 5. The van der Waals surface area contributed by atoms with Gasteiger partial charge >= 0.3 is 0 Å². The van der Waals surface area contributed by atoms with Gasteiger partial charge in [0.1, 0.15) is 0 Å². The Hall–Kier alpha value is -1.24. The van der Waals surface area contributed by atoms with E-state index in [2.05, 4.69) is 10.2 Å². The van der Waals surface area contributed by atoms with Crippen LogP contribution >= 0.6 is 11.8 Å². The van der Waals surface area contributed by atoms with Crippen LogP contribution in [0.1, 0.15) is 19.9 Å². The molecule has 0 saturated carbocycles. The van der Waals surface area contributed by atoms with Crippen molar-refractivity contribution in [3.63, 3.8) is 0 Å². The number of aromatic nitrogens is 3. The van der Waals surface area contributed by atoms with E-state index >= 15 is 0 Å². The molecule has 0 fully saturated rings. The van der Waals surface area contributed by atoms with E-state index in [9.17, 15) is 4.79 Å². The normalized spacial score (nSPS) is 10.8. The minimum atomic E-state index is 0.0434. The van der Waals surface area contributed by atoms with Crippen molar-refractivity contribution >= 4 is 23.6 Å². The van der Waals surface area contributed by atoms with E-state index in [-0.39, 0.29) is 11.9 Å². The van der Waals surface area contributed by atoms with Gasteiger partial charge in [0.2, 0.25) is 11.9 Å². The molecule has 0 spiro atoms. The smallest absolute Gasteiger partial charge is 0.232 e. The molecule has 0 radical (unpaired) electrons. The number of nitrogens with zero attached hydrogens (tertiary/aromatic N) is 4. The molecule has 1 aromatic heterocycles. The van der Waals surface area contributed by atoms with Crippen molar-refractivity contribution in [3.8, 4) is 0 Å². The number of anilines is 1. The van der Waals surface area contributed by atoms with Crippen molar-refractivity contribution in [2.24, 2.45) is 0 Å². The van der Waals surface area contributed by atoms with Crippen molar-refractivity contribution in [1.29, 1.82) is 0 Å². The zero-order chi connectivity index (χ0) is 12.3. The van der Waals surface area contributed by atoms with Gasteiger partial charge in [-0.1, -0.05) is 11.8 Å². The monoisotopic (exact) mass is 243 g/mol. The quantitative estimate of drug-likeness (QED) is 0.784. The van der Waals surface area contributed by atoms with Gasteiger partial charge in [-0.2, -0.15) is 0 Å². The predicted molar refractivity (Wildman–Crippen MR) is 64.2 cm³/mol. The molecule has 0 aliphatic heterocycles. The topological polar surface area (TPSA) is 77.0 Å². The molecule has 16 heavy (non-hydrogen) atoms. The van der Waals surface area contributed by atoms with Crippen LogP contribution in [-0.4, -0.2) is 45.4 Å². The van der Waals surface area contributed by atoms with Crippen LogP contribution in [0.2, 0.25) is 0 Å². The summed E-state index contributed by atoms with van der Waals surface area (Å²) in [6.45, 7) is 4.00. The number of nitrogen functional groups attached to an aromatic ring is 1. The largest absolute Gasteiger partial charge is 0.368 e. The molecule has 0 aliphatic carbocycles. The summed E-state index contributed by atoms with van der Waals surface area (Å²) in [5.74, 6) is 0.773. The zero-order valence-corrected chi connectivity index (χ0v) is 10.8. The third-order valence-corrected chi connectivity index (χ3v) is 2.96. The number of carbonyl (C=O) groups excluding carboxylic acids is 1. The van der Waals surface area contributed by atoms with E-state index in [1.54, 1.807) is 19.0 Å². The van der Waals surface area contributed by atoms with E-state index < -0.39 is 0 Å². The molecule has 0 saturated heterocycles. The Balaban J connectivity index is 2.71. The highest BCUT2D eigenvalue weighted by Crippen LogP contribution is 2.22. The van der Waals surface area contributed by atoms with Crippen molar-refractivity contribution < 1.29 is 4.79 Å². The van der Waals surface area contributed by atoms with Crippen LogP contribution in [0.25, 0.3) is 0 Å². The second-order valence-corrected chi connectivity index (χ2v) is 4.82. The van der Waals surface area contributed by atoms with Crippen LogP contribution < -0.4 is 5.73 Å². The molecule has 0 unspecified atom stereocenters. The number of hydrogen-bond donors (Lipinski definition) is 1. The standard InChI is InChI=1S/C9H17N5OS/c1-6(2)14-8(10)11-12-9(14)16-5-7(15)13(3)4/h6H,5H2,1-4H3,(H2,10,11). The molecule has 0 aliphatic rings. The van der Waals surface area contributed by atoms with Gasteiger partial charge in [-0.05, 0) is 13.8 Å². The van der Waals surface area contributed by atoms with Gasteiger partial charge in [-0.15, -0.1) is 10.2 Å². The average Bonchev–Trinajstić information content (AvgIpc) is 2.55. The lowest BCUT2D eigenvalue weighted by atomic mass is 10.4. The fraction of sp³-hybridized carbons (Fsp3) is 0.667. The van der Waals surface area contributed by atoms with E-state index in [1.165, 1.54) is 11.8 Å². The number of nitrogens with two attached hydrogens (primary N) is 1. The molecule has 1 aromatic rings. The molecule has 90 valence electrons. The van der Waals surface area contributed by atoms with Gasteiger partial charge in [0, 0.05) is 20.1 Å². The third kappa shape index (κ3) is 2.88. The lowest BCUT2D eigenvalue weighted by Crippen LogP contribution is -2.23. The fourth-order valence-corrected chi connectivity index (χ4v) is 2.18. The zero-order valence-electron chi connectivity index (χ0n) is 9.97. The maximum atomic E-state index is 11.4. The summed E-state index contributed by atoms with van der Waals surface area (Å²) in [6.07, 6.45) is 0. The summed E-state index contributed by atoms with van der Waals surface area (Å²) in [5.41, 5.74) is 5.69. The van der Waals surface area contributed by atoms with Gasteiger partial charge in [0.25, 0.3) is 0 Å². The maximum absolute atomic E-state index is 11.4. The predicted octanol–water partition coefficient (Wildman–Crippen LogP) is 0.621. The van der Waals surface area contributed by atoms with Crippen LogP contribution in [0.3, 0.4) is 0 Å². The third-order valence-electron chi connectivity index (χ3n) is 2.03. The maximum Gasteiger partial charge on any atom is 0.232 e. The molecule has 1 heterocycles. The first kappa shape index (κ1) is 12.8. The highest BCUT2D eigenvalue weighted by Gasteiger charge is 2.14. The van der Waals surface area contributed by atoms with Crippen molar-refractivity contribution in [3.05, 3.63) is 0 Å².